The molecule has 4 nitrogen and oxygen atoms in total. The van der Waals surface area contributed by atoms with Gasteiger partial charge in [0, 0.05) is 11.3 Å². The Kier molecular flexibility index (Phi) is 5.88. The number of nitrogens with one attached hydrogen (secondary N) is 1. The van der Waals surface area contributed by atoms with Gasteiger partial charge in [-0.05, 0) is 55.0 Å². The van der Waals surface area contributed by atoms with Crippen LogP contribution in [0.5, 0.6) is 11.5 Å². The number of carbonyl (C=O) groups is 1. The minimum Gasteiger partial charge on any atom is -0.494 e. The lowest BCUT2D eigenvalue weighted by atomic mass is 10.2. The maximum atomic E-state index is 12.4. The van der Waals surface area contributed by atoms with Gasteiger partial charge in [-0.25, -0.2) is 0 Å². The van der Waals surface area contributed by atoms with Crippen molar-refractivity contribution in [1.82, 2.24) is 0 Å². The second-order valence-corrected chi connectivity index (χ2v) is 5.71. The zero-order chi connectivity index (χ0) is 18.2. The van der Waals surface area contributed by atoms with Gasteiger partial charge in [0.25, 0.3) is 5.91 Å². The molecule has 0 bridgehead atoms. The second kappa shape index (κ2) is 8.72. The molecular formula is C22H21NO3. The molecule has 0 heterocycles. The van der Waals surface area contributed by atoms with E-state index in [1.165, 1.54) is 0 Å². The Morgan fingerprint density at radius 3 is 2.35 bits per heavy atom. The van der Waals surface area contributed by atoms with E-state index in [1.807, 2.05) is 67.6 Å². The summed E-state index contributed by atoms with van der Waals surface area (Å²) in [5.74, 6) is 1.26. The standard InChI is InChI=1S/C22H21NO3/c1-2-25-21-10-6-9-18(15-21)22(24)23-19-11-13-20(14-12-19)26-16-17-7-4-3-5-8-17/h3-15H,2,16H2,1H3,(H,23,24). The zero-order valence-electron chi connectivity index (χ0n) is 14.6. The van der Waals surface area contributed by atoms with Crippen molar-refractivity contribution < 1.29 is 14.3 Å². The van der Waals surface area contributed by atoms with Gasteiger partial charge in [0.05, 0.1) is 6.61 Å². The predicted octanol–water partition coefficient (Wildman–Crippen LogP) is 4.92. The molecule has 3 rings (SSSR count). The molecule has 1 amide bonds. The van der Waals surface area contributed by atoms with Gasteiger partial charge < -0.3 is 14.8 Å². The van der Waals surface area contributed by atoms with Crippen LogP contribution in [-0.4, -0.2) is 12.5 Å². The van der Waals surface area contributed by atoms with Gasteiger partial charge in [-0.15, -0.1) is 0 Å². The average molecular weight is 347 g/mol. The van der Waals surface area contributed by atoms with Crippen LogP contribution < -0.4 is 14.8 Å². The summed E-state index contributed by atoms with van der Waals surface area (Å²) in [6.45, 7) is 2.99. The quantitative estimate of drug-likeness (QED) is 0.660. The molecule has 1 N–H and O–H groups in total. The van der Waals surface area contributed by atoms with E-state index in [4.69, 9.17) is 9.47 Å². The van der Waals surface area contributed by atoms with Gasteiger partial charge in [-0.3, -0.25) is 4.79 Å². The molecule has 0 atom stereocenters. The monoisotopic (exact) mass is 347 g/mol. The van der Waals surface area contributed by atoms with E-state index >= 15 is 0 Å². The van der Waals surface area contributed by atoms with Crippen molar-refractivity contribution in [3.05, 3.63) is 90.0 Å². The second-order valence-electron chi connectivity index (χ2n) is 5.71. The summed E-state index contributed by atoms with van der Waals surface area (Å²) in [6, 6.07) is 24.4. The van der Waals surface area contributed by atoms with Crippen LogP contribution in [0.25, 0.3) is 0 Å². The number of amides is 1. The lowest BCUT2D eigenvalue weighted by Gasteiger charge is -2.09. The van der Waals surface area contributed by atoms with Gasteiger partial charge in [-0.1, -0.05) is 36.4 Å². The Morgan fingerprint density at radius 1 is 0.846 bits per heavy atom. The number of ether oxygens (including phenoxy) is 2. The van der Waals surface area contributed by atoms with Gasteiger partial charge in [-0.2, -0.15) is 0 Å². The highest BCUT2D eigenvalue weighted by atomic mass is 16.5. The molecule has 0 aliphatic rings. The summed E-state index contributed by atoms with van der Waals surface area (Å²) < 4.78 is 11.2. The Morgan fingerprint density at radius 2 is 1.62 bits per heavy atom. The van der Waals surface area contributed by atoms with E-state index in [2.05, 4.69) is 5.32 Å². The SMILES string of the molecule is CCOc1cccc(C(=O)Nc2ccc(OCc3ccccc3)cc2)c1. The molecule has 0 radical (unpaired) electrons. The maximum Gasteiger partial charge on any atom is 0.255 e. The third-order valence-corrected chi connectivity index (χ3v) is 3.77. The van der Waals surface area contributed by atoms with E-state index in [0.29, 0.717) is 30.2 Å². The molecule has 3 aromatic carbocycles. The van der Waals surface area contributed by atoms with E-state index < -0.39 is 0 Å². The van der Waals surface area contributed by atoms with Gasteiger partial charge in [0.1, 0.15) is 18.1 Å². The Bertz CT molecular complexity index is 845. The summed E-state index contributed by atoms with van der Waals surface area (Å²) in [5.41, 5.74) is 2.38. The van der Waals surface area contributed by atoms with Crippen LogP contribution in [0, 0.1) is 0 Å². The third-order valence-electron chi connectivity index (χ3n) is 3.77. The molecule has 132 valence electrons. The summed E-state index contributed by atoms with van der Waals surface area (Å²) in [4.78, 5) is 12.4. The minimum atomic E-state index is -0.176. The number of hydrogen-bond acceptors (Lipinski definition) is 3. The molecule has 0 saturated heterocycles. The summed E-state index contributed by atoms with van der Waals surface area (Å²) in [5, 5.41) is 2.88. The molecule has 26 heavy (non-hydrogen) atoms. The predicted molar refractivity (Wildman–Crippen MR) is 103 cm³/mol. The Hall–Kier alpha value is -3.27. The van der Waals surface area contributed by atoms with Crippen molar-refractivity contribution >= 4 is 11.6 Å². The van der Waals surface area contributed by atoms with E-state index in [1.54, 1.807) is 18.2 Å². The van der Waals surface area contributed by atoms with Crippen LogP contribution in [-0.2, 0) is 6.61 Å². The highest BCUT2D eigenvalue weighted by Gasteiger charge is 2.07. The van der Waals surface area contributed by atoms with Crippen molar-refractivity contribution in [2.75, 3.05) is 11.9 Å². The number of anilines is 1. The molecule has 0 aliphatic carbocycles. The molecular weight excluding hydrogens is 326 g/mol. The van der Waals surface area contributed by atoms with Gasteiger partial charge >= 0.3 is 0 Å². The van der Waals surface area contributed by atoms with Crippen molar-refractivity contribution in [3.63, 3.8) is 0 Å². The minimum absolute atomic E-state index is 0.176. The maximum absolute atomic E-state index is 12.4. The molecule has 3 aromatic rings. The fourth-order valence-corrected chi connectivity index (χ4v) is 2.47. The fraction of sp³-hybridized carbons (Fsp3) is 0.136. The molecule has 4 heteroatoms. The molecule has 0 fully saturated rings. The van der Waals surface area contributed by atoms with Gasteiger partial charge in [0.15, 0.2) is 0 Å². The third kappa shape index (κ3) is 4.86. The fourth-order valence-electron chi connectivity index (χ4n) is 2.47. The van der Waals surface area contributed by atoms with Crippen LogP contribution in [0.2, 0.25) is 0 Å². The molecule has 0 saturated carbocycles. The molecule has 0 unspecified atom stereocenters. The number of rotatable bonds is 7. The smallest absolute Gasteiger partial charge is 0.255 e. The van der Waals surface area contributed by atoms with Gasteiger partial charge in [0.2, 0.25) is 0 Å². The molecule has 0 aliphatic heterocycles. The van der Waals surface area contributed by atoms with Crippen molar-refractivity contribution in [2.24, 2.45) is 0 Å². The average Bonchev–Trinajstić information content (AvgIpc) is 2.69. The first-order valence-electron chi connectivity index (χ1n) is 8.55. The van der Waals surface area contributed by atoms with E-state index in [9.17, 15) is 4.79 Å². The highest BCUT2D eigenvalue weighted by molar-refractivity contribution is 6.04. The van der Waals surface area contributed by atoms with Crippen molar-refractivity contribution in [3.8, 4) is 11.5 Å². The number of benzene rings is 3. The topological polar surface area (TPSA) is 47.6 Å². The van der Waals surface area contributed by atoms with Crippen molar-refractivity contribution in [2.45, 2.75) is 13.5 Å². The lowest BCUT2D eigenvalue weighted by Crippen LogP contribution is -2.12. The summed E-state index contributed by atoms with van der Waals surface area (Å²) in [7, 11) is 0. The van der Waals surface area contributed by atoms with E-state index in [0.717, 1.165) is 11.3 Å². The Labute approximate surface area is 153 Å². The first-order chi connectivity index (χ1) is 12.7. The van der Waals surface area contributed by atoms with Crippen LogP contribution in [0.1, 0.15) is 22.8 Å². The first-order valence-corrected chi connectivity index (χ1v) is 8.55. The largest absolute Gasteiger partial charge is 0.494 e. The first kappa shape index (κ1) is 17.5. The zero-order valence-corrected chi connectivity index (χ0v) is 14.6. The van der Waals surface area contributed by atoms with Crippen LogP contribution in [0.4, 0.5) is 5.69 Å². The normalized spacial score (nSPS) is 10.2. The molecule has 0 aromatic heterocycles. The lowest BCUT2D eigenvalue weighted by molar-refractivity contribution is 0.102. The van der Waals surface area contributed by atoms with Crippen molar-refractivity contribution in [1.29, 1.82) is 0 Å². The Balaban J connectivity index is 1.58. The molecule has 0 spiro atoms. The van der Waals surface area contributed by atoms with Crippen LogP contribution in [0.15, 0.2) is 78.9 Å². The van der Waals surface area contributed by atoms with Crippen LogP contribution >= 0.6 is 0 Å². The summed E-state index contributed by atoms with van der Waals surface area (Å²) >= 11 is 0. The van der Waals surface area contributed by atoms with E-state index in [-0.39, 0.29) is 5.91 Å². The van der Waals surface area contributed by atoms with Crippen LogP contribution in [0.3, 0.4) is 0 Å². The highest BCUT2D eigenvalue weighted by Crippen LogP contribution is 2.19. The number of carbonyl (C=O) groups excluding carboxylic acids is 1. The number of hydrogen-bond donors (Lipinski definition) is 1. The summed E-state index contributed by atoms with van der Waals surface area (Å²) in [6.07, 6.45) is 0.